The van der Waals surface area contributed by atoms with Crippen LogP contribution >= 0.6 is 11.8 Å². The SMILES string of the molecule is CSCC(C)(O)CNC(C)c1cc(O)ccc1O. The van der Waals surface area contributed by atoms with Gasteiger partial charge in [0.25, 0.3) is 0 Å². The molecule has 0 aliphatic rings. The molecule has 0 amide bonds. The van der Waals surface area contributed by atoms with Gasteiger partial charge in [-0.1, -0.05) is 0 Å². The summed E-state index contributed by atoms with van der Waals surface area (Å²) in [7, 11) is 0. The Bertz CT molecular complexity index is 396. The van der Waals surface area contributed by atoms with Crippen molar-refractivity contribution in [3.8, 4) is 11.5 Å². The average molecular weight is 271 g/mol. The Labute approximate surface area is 112 Å². The molecule has 4 nitrogen and oxygen atoms in total. The summed E-state index contributed by atoms with van der Waals surface area (Å²) in [6.45, 7) is 4.07. The van der Waals surface area contributed by atoms with Crippen LogP contribution in [-0.2, 0) is 0 Å². The standard InChI is InChI=1S/C13H21NO3S/c1-9(14-7-13(2,17)8-18-3)11-6-10(15)4-5-12(11)16/h4-6,9,14-17H,7-8H2,1-3H3. The number of phenolic OH excluding ortho intramolecular Hbond substituents is 2. The van der Waals surface area contributed by atoms with Gasteiger partial charge in [0.1, 0.15) is 11.5 Å². The van der Waals surface area contributed by atoms with E-state index in [1.54, 1.807) is 18.7 Å². The molecule has 0 heterocycles. The predicted molar refractivity (Wildman–Crippen MR) is 75.2 cm³/mol. The van der Waals surface area contributed by atoms with Crippen molar-refractivity contribution in [2.45, 2.75) is 25.5 Å². The number of nitrogens with one attached hydrogen (secondary N) is 1. The topological polar surface area (TPSA) is 72.7 Å². The molecule has 0 aromatic heterocycles. The van der Waals surface area contributed by atoms with Gasteiger partial charge in [-0.05, 0) is 38.3 Å². The molecular weight excluding hydrogens is 250 g/mol. The van der Waals surface area contributed by atoms with E-state index < -0.39 is 5.60 Å². The van der Waals surface area contributed by atoms with Crippen molar-refractivity contribution in [1.29, 1.82) is 0 Å². The fourth-order valence-electron chi connectivity index (χ4n) is 1.73. The molecule has 1 rings (SSSR count). The zero-order valence-electron chi connectivity index (χ0n) is 11.0. The van der Waals surface area contributed by atoms with Crippen LogP contribution in [0, 0.1) is 0 Å². The van der Waals surface area contributed by atoms with Gasteiger partial charge < -0.3 is 20.6 Å². The summed E-state index contributed by atoms with van der Waals surface area (Å²) in [6.07, 6.45) is 1.94. The summed E-state index contributed by atoms with van der Waals surface area (Å²) >= 11 is 1.58. The molecule has 102 valence electrons. The van der Waals surface area contributed by atoms with Crippen LogP contribution in [0.25, 0.3) is 0 Å². The quantitative estimate of drug-likeness (QED) is 0.594. The minimum absolute atomic E-state index is 0.118. The summed E-state index contributed by atoms with van der Waals surface area (Å²) in [4.78, 5) is 0. The fraction of sp³-hybridized carbons (Fsp3) is 0.538. The normalized spacial score (nSPS) is 16.2. The van der Waals surface area contributed by atoms with Crippen molar-refractivity contribution in [1.82, 2.24) is 5.32 Å². The van der Waals surface area contributed by atoms with Gasteiger partial charge in [0.15, 0.2) is 0 Å². The monoisotopic (exact) mass is 271 g/mol. The lowest BCUT2D eigenvalue weighted by Gasteiger charge is -2.25. The van der Waals surface area contributed by atoms with Crippen molar-refractivity contribution in [3.63, 3.8) is 0 Å². The molecule has 2 unspecified atom stereocenters. The maximum Gasteiger partial charge on any atom is 0.120 e. The predicted octanol–water partition coefficient (Wildman–Crippen LogP) is 1.86. The lowest BCUT2D eigenvalue weighted by atomic mass is 10.0. The van der Waals surface area contributed by atoms with Gasteiger partial charge in [0.2, 0.25) is 0 Å². The van der Waals surface area contributed by atoms with Crippen molar-refractivity contribution in [2.75, 3.05) is 18.6 Å². The Kier molecular flexibility index (Phi) is 5.31. The van der Waals surface area contributed by atoms with Crippen molar-refractivity contribution < 1.29 is 15.3 Å². The van der Waals surface area contributed by atoms with E-state index in [4.69, 9.17) is 0 Å². The second-order valence-corrected chi connectivity index (χ2v) is 5.64. The van der Waals surface area contributed by atoms with E-state index in [0.717, 1.165) is 0 Å². The van der Waals surface area contributed by atoms with Gasteiger partial charge in [-0.25, -0.2) is 0 Å². The molecule has 0 saturated carbocycles. The summed E-state index contributed by atoms with van der Waals surface area (Å²) in [6, 6.07) is 4.28. The first-order chi connectivity index (χ1) is 8.35. The second kappa shape index (κ2) is 6.31. The molecular formula is C13H21NO3S. The molecule has 2 atom stereocenters. The van der Waals surface area contributed by atoms with E-state index in [1.165, 1.54) is 18.2 Å². The van der Waals surface area contributed by atoms with Crippen LogP contribution in [-0.4, -0.2) is 39.5 Å². The Hall–Kier alpha value is -0.910. The smallest absolute Gasteiger partial charge is 0.120 e. The Morgan fingerprint density at radius 2 is 2.06 bits per heavy atom. The van der Waals surface area contributed by atoms with E-state index in [1.807, 2.05) is 13.2 Å². The summed E-state index contributed by atoms with van der Waals surface area (Å²) in [5.41, 5.74) is -0.171. The first-order valence-corrected chi connectivity index (χ1v) is 7.21. The number of rotatable bonds is 6. The van der Waals surface area contributed by atoms with Crippen LogP contribution < -0.4 is 5.32 Å². The zero-order valence-corrected chi connectivity index (χ0v) is 11.8. The van der Waals surface area contributed by atoms with Crippen molar-refractivity contribution in [2.24, 2.45) is 0 Å². The molecule has 0 spiro atoms. The lowest BCUT2D eigenvalue weighted by molar-refractivity contribution is 0.0819. The van der Waals surface area contributed by atoms with E-state index in [0.29, 0.717) is 17.9 Å². The minimum atomic E-state index is -0.792. The number of phenols is 2. The molecule has 18 heavy (non-hydrogen) atoms. The van der Waals surface area contributed by atoms with E-state index >= 15 is 0 Å². The van der Waals surface area contributed by atoms with Crippen molar-refractivity contribution >= 4 is 11.8 Å². The second-order valence-electron chi connectivity index (χ2n) is 4.78. The molecule has 0 bridgehead atoms. The minimum Gasteiger partial charge on any atom is -0.508 e. The third-order valence-corrected chi connectivity index (χ3v) is 3.63. The number of aliphatic hydroxyl groups is 1. The van der Waals surface area contributed by atoms with Gasteiger partial charge >= 0.3 is 0 Å². The number of thioether (sulfide) groups is 1. The van der Waals surface area contributed by atoms with Crippen LogP contribution in [0.15, 0.2) is 18.2 Å². The third-order valence-electron chi connectivity index (χ3n) is 2.72. The molecule has 0 fully saturated rings. The average Bonchev–Trinajstić information content (AvgIpc) is 2.29. The van der Waals surface area contributed by atoms with Gasteiger partial charge in [0, 0.05) is 23.9 Å². The molecule has 0 aliphatic heterocycles. The van der Waals surface area contributed by atoms with E-state index in [2.05, 4.69) is 5.32 Å². The molecule has 0 radical (unpaired) electrons. The highest BCUT2D eigenvalue weighted by molar-refractivity contribution is 7.98. The molecule has 5 heteroatoms. The molecule has 0 aliphatic carbocycles. The highest BCUT2D eigenvalue weighted by Gasteiger charge is 2.21. The number of benzene rings is 1. The van der Waals surface area contributed by atoms with Gasteiger partial charge in [-0.2, -0.15) is 11.8 Å². The first-order valence-electron chi connectivity index (χ1n) is 5.82. The summed E-state index contributed by atoms with van der Waals surface area (Å²) in [5, 5.41) is 32.3. The maximum atomic E-state index is 10.0. The largest absolute Gasteiger partial charge is 0.508 e. The molecule has 1 aromatic carbocycles. The highest BCUT2D eigenvalue weighted by atomic mass is 32.2. The number of hydrogen-bond acceptors (Lipinski definition) is 5. The first kappa shape index (κ1) is 15.1. The van der Waals surface area contributed by atoms with Gasteiger partial charge in [0.05, 0.1) is 5.60 Å². The summed E-state index contributed by atoms with van der Waals surface area (Å²) < 4.78 is 0. The van der Waals surface area contributed by atoms with Crippen LogP contribution in [0.1, 0.15) is 25.5 Å². The van der Waals surface area contributed by atoms with Crippen LogP contribution in [0.2, 0.25) is 0 Å². The number of hydrogen-bond donors (Lipinski definition) is 4. The molecule has 4 N–H and O–H groups in total. The van der Waals surface area contributed by atoms with Crippen LogP contribution in [0.3, 0.4) is 0 Å². The summed E-state index contributed by atoms with van der Waals surface area (Å²) in [5.74, 6) is 0.892. The lowest BCUT2D eigenvalue weighted by Crippen LogP contribution is -2.40. The van der Waals surface area contributed by atoms with Crippen molar-refractivity contribution in [3.05, 3.63) is 23.8 Å². The number of aromatic hydroxyl groups is 2. The fourth-order valence-corrected chi connectivity index (χ4v) is 2.46. The molecule has 0 saturated heterocycles. The van der Waals surface area contributed by atoms with Gasteiger partial charge in [-0.15, -0.1) is 0 Å². The Balaban J connectivity index is 2.65. The van der Waals surface area contributed by atoms with Gasteiger partial charge in [-0.3, -0.25) is 0 Å². The highest BCUT2D eigenvalue weighted by Crippen LogP contribution is 2.27. The maximum absolute atomic E-state index is 10.0. The third kappa shape index (κ3) is 4.40. The van der Waals surface area contributed by atoms with E-state index in [9.17, 15) is 15.3 Å². The zero-order chi connectivity index (χ0) is 13.8. The Morgan fingerprint density at radius 3 is 2.67 bits per heavy atom. The van der Waals surface area contributed by atoms with E-state index in [-0.39, 0.29) is 17.5 Å². The Morgan fingerprint density at radius 1 is 1.39 bits per heavy atom. The van der Waals surface area contributed by atoms with Crippen LogP contribution in [0.5, 0.6) is 11.5 Å². The molecule has 1 aromatic rings. The van der Waals surface area contributed by atoms with Crippen LogP contribution in [0.4, 0.5) is 0 Å².